The van der Waals surface area contributed by atoms with Gasteiger partial charge in [0.05, 0.1) is 0 Å². The molecule has 0 aliphatic heterocycles. The third-order valence-electron chi connectivity index (χ3n) is 2.72. The maximum Gasteiger partial charge on any atom is 0.127 e. The van der Waals surface area contributed by atoms with Gasteiger partial charge in [-0.3, -0.25) is 0 Å². The van der Waals surface area contributed by atoms with Crippen LogP contribution in [0.15, 0.2) is 36.6 Å². The molecule has 2 nitrogen and oxygen atoms in total. The number of aromatic hydroxyl groups is 1. The fourth-order valence-electron chi connectivity index (χ4n) is 0.992. The van der Waals surface area contributed by atoms with E-state index in [4.69, 9.17) is 9.84 Å². The summed E-state index contributed by atoms with van der Waals surface area (Å²) in [6.45, 7) is 10.2. The lowest BCUT2D eigenvalue weighted by atomic mass is 9.88. The van der Waals surface area contributed by atoms with Crippen LogP contribution >= 0.6 is 0 Å². The number of ether oxygens (including phenoxy) is 1. The maximum atomic E-state index is 9.12. The fraction of sp³-hybridized carbons (Fsp3) is 0.385. The van der Waals surface area contributed by atoms with Crippen molar-refractivity contribution >= 4 is 0 Å². The van der Waals surface area contributed by atoms with Crippen LogP contribution in [0, 0.1) is 5.41 Å². The summed E-state index contributed by atoms with van der Waals surface area (Å²) >= 11 is 0. The number of rotatable bonds is 4. The molecule has 0 unspecified atom stereocenters. The molecule has 0 atom stereocenters. The third kappa shape index (κ3) is 3.01. The van der Waals surface area contributed by atoms with E-state index in [2.05, 4.69) is 27.4 Å². The van der Waals surface area contributed by atoms with Gasteiger partial charge in [0.25, 0.3) is 0 Å². The molecule has 0 saturated heterocycles. The summed E-state index contributed by atoms with van der Waals surface area (Å²) < 4.78 is 5.62. The Hall–Kier alpha value is -1.44. The minimum absolute atomic E-state index is 0.0299. The van der Waals surface area contributed by atoms with E-state index >= 15 is 0 Å². The second-order valence-corrected chi connectivity index (χ2v) is 4.26. The van der Waals surface area contributed by atoms with Crippen LogP contribution in [-0.2, 0) is 0 Å². The minimum Gasteiger partial charge on any atom is -0.508 e. The smallest absolute Gasteiger partial charge is 0.127 e. The first-order valence-corrected chi connectivity index (χ1v) is 5.12. The first-order valence-electron chi connectivity index (χ1n) is 5.12. The molecule has 0 aliphatic rings. The molecule has 0 aliphatic carbocycles. The highest BCUT2D eigenvalue weighted by Gasteiger charge is 2.21. The second kappa shape index (κ2) is 4.39. The van der Waals surface area contributed by atoms with Gasteiger partial charge < -0.3 is 9.84 Å². The van der Waals surface area contributed by atoms with Gasteiger partial charge in [0.15, 0.2) is 0 Å². The van der Waals surface area contributed by atoms with Crippen LogP contribution in [0.2, 0.25) is 0 Å². The number of hydrogen-bond acceptors (Lipinski definition) is 2. The molecule has 1 aromatic rings. The summed E-state index contributed by atoms with van der Waals surface area (Å²) in [4.78, 5) is 0. The number of allylic oxidation sites excluding steroid dienone is 1. The molecule has 82 valence electrons. The number of phenolic OH excluding ortho intramolecular Hbond substituents is 1. The lowest BCUT2D eigenvalue weighted by Crippen LogP contribution is -2.16. The Balaban J connectivity index is 2.71. The lowest BCUT2D eigenvalue weighted by Gasteiger charge is -2.25. The van der Waals surface area contributed by atoms with Crippen LogP contribution in [0.3, 0.4) is 0 Å². The van der Waals surface area contributed by atoms with Crippen LogP contribution < -0.4 is 4.74 Å². The summed E-state index contributed by atoms with van der Waals surface area (Å²) in [5, 5.41) is 9.12. The van der Waals surface area contributed by atoms with Gasteiger partial charge in [0.2, 0.25) is 0 Å². The zero-order chi connectivity index (χ0) is 11.5. The van der Waals surface area contributed by atoms with Gasteiger partial charge in [0, 0.05) is 5.41 Å². The zero-order valence-electron chi connectivity index (χ0n) is 9.58. The molecule has 0 radical (unpaired) electrons. The van der Waals surface area contributed by atoms with Crippen molar-refractivity contribution in [2.75, 3.05) is 0 Å². The van der Waals surface area contributed by atoms with Gasteiger partial charge in [-0.05, 0) is 30.7 Å². The Labute approximate surface area is 91.2 Å². The van der Waals surface area contributed by atoms with Crippen molar-refractivity contribution in [1.82, 2.24) is 0 Å². The highest BCUT2D eigenvalue weighted by atomic mass is 16.5. The molecule has 0 saturated carbocycles. The third-order valence-corrected chi connectivity index (χ3v) is 2.72. The number of phenols is 1. The molecular formula is C13H18O2. The van der Waals surface area contributed by atoms with E-state index in [-0.39, 0.29) is 11.2 Å². The summed E-state index contributed by atoms with van der Waals surface area (Å²) in [5.74, 6) is 1.69. The normalized spacial score (nSPS) is 11.1. The topological polar surface area (TPSA) is 29.5 Å². The summed E-state index contributed by atoms with van der Waals surface area (Å²) in [6.07, 6.45) is 0.976. The van der Waals surface area contributed by atoms with E-state index in [1.807, 2.05) is 0 Å². The van der Waals surface area contributed by atoms with Gasteiger partial charge in [-0.15, -0.1) is 0 Å². The van der Waals surface area contributed by atoms with E-state index in [0.29, 0.717) is 5.75 Å². The van der Waals surface area contributed by atoms with Crippen LogP contribution in [-0.4, -0.2) is 5.11 Å². The van der Waals surface area contributed by atoms with Crippen LogP contribution in [0.4, 0.5) is 0 Å². The summed E-state index contributed by atoms with van der Waals surface area (Å²) in [6, 6.07) is 6.65. The minimum atomic E-state index is -0.0299. The van der Waals surface area contributed by atoms with Crippen molar-refractivity contribution in [3.8, 4) is 11.5 Å². The monoisotopic (exact) mass is 206 g/mol. The molecule has 0 amide bonds. The maximum absolute atomic E-state index is 9.12. The number of benzene rings is 1. The highest BCUT2D eigenvalue weighted by molar-refractivity contribution is 5.31. The lowest BCUT2D eigenvalue weighted by molar-refractivity contribution is 0.268. The van der Waals surface area contributed by atoms with E-state index in [0.717, 1.165) is 12.2 Å². The Kier molecular flexibility index (Phi) is 3.40. The predicted molar refractivity (Wildman–Crippen MR) is 61.9 cm³/mol. The molecule has 2 heteroatoms. The molecule has 0 spiro atoms. The Morgan fingerprint density at radius 3 is 2.33 bits per heavy atom. The molecule has 1 N–H and O–H groups in total. The molecular weight excluding hydrogens is 188 g/mol. The Bertz CT molecular complexity index is 336. The highest BCUT2D eigenvalue weighted by Crippen LogP contribution is 2.31. The standard InChI is InChI=1S/C13H18O2/c1-5-13(3,4)10(2)15-12-8-6-11(14)7-9-12/h6-9,14H,2,5H2,1,3-4H3. The zero-order valence-corrected chi connectivity index (χ0v) is 9.58. The van der Waals surface area contributed by atoms with Gasteiger partial charge >= 0.3 is 0 Å². The van der Waals surface area contributed by atoms with Crippen LogP contribution in [0.1, 0.15) is 27.2 Å². The average Bonchev–Trinajstić information content (AvgIpc) is 2.21. The van der Waals surface area contributed by atoms with Crippen molar-refractivity contribution in [3.63, 3.8) is 0 Å². The van der Waals surface area contributed by atoms with Gasteiger partial charge in [-0.25, -0.2) is 0 Å². The summed E-state index contributed by atoms with van der Waals surface area (Å²) in [5.41, 5.74) is -0.0299. The molecule has 0 fully saturated rings. The first-order chi connectivity index (χ1) is 6.95. The molecule has 15 heavy (non-hydrogen) atoms. The summed E-state index contributed by atoms with van der Waals surface area (Å²) in [7, 11) is 0. The van der Waals surface area contributed by atoms with E-state index < -0.39 is 0 Å². The first kappa shape index (κ1) is 11.6. The van der Waals surface area contributed by atoms with Crippen LogP contribution in [0.25, 0.3) is 0 Å². The van der Waals surface area contributed by atoms with Gasteiger partial charge in [-0.2, -0.15) is 0 Å². The molecule has 0 bridgehead atoms. The quantitative estimate of drug-likeness (QED) is 0.761. The van der Waals surface area contributed by atoms with E-state index in [1.54, 1.807) is 24.3 Å². The number of hydrogen-bond donors (Lipinski definition) is 1. The van der Waals surface area contributed by atoms with Gasteiger partial charge in [0.1, 0.15) is 17.3 Å². The van der Waals surface area contributed by atoms with Crippen molar-refractivity contribution in [2.45, 2.75) is 27.2 Å². The molecule has 1 rings (SSSR count). The van der Waals surface area contributed by atoms with Crippen molar-refractivity contribution < 1.29 is 9.84 Å². The molecule has 1 aromatic carbocycles. The van der Waals surface area contributed by atoms with Crippen molar-refractivity contribution in [1.29, 1.82) is 0 Å². The largest absolute Gasteiger partial charge is 0.508 e. The fourth-order valence-corrected chi connectivity index (χ4v) is 0.992. The Morgan fingerprint density at radius 2 is 1.87 bits per heavy atom. The molecule has 0 heterocycles. The molecule has 0 aromatic heterocycles. The Morgan fingerprint density at radius 1 is 1.33 bits per heavy atom. The van der Waals surface area contributed by atoms with Crippen molar-refractivity contribution in [3.05, 3.63) is 36.6 Å². The second-order valence-electron chi connectivity index (χ2n) is 4.26. The van der Waals surface area contributed by atoms with Crippen LogP contribution in [0.5, 0.6) is 11.5 Å². The SMILES string of the molecule is C=C(Oc1ccc(O)cc1)C(C)(C)CC. The average molecular weight is 206 g/mol. The predicted octanol–water partition coefficient (Wildman–Crippen LogP) is 3.72. The van der Waals surface area contributed by atoms with Crippen molar-refractivity contribution in [2.24, 2.45) is 5.41 Å². The van der Waals surface area contributed by atoms with E-state index in [9.17, 15) is 0 Å². The van der Waals surface area contributed by atoms with E-state index in [1.165, 1.54) is 0 Å². The van der Waals surface area contributed by atoms with Gasteiger partial charge in [-0.1, -0.05) is 27.4 Å².